The molecule has 1 unspecified atom stereocenters. The third-order valence-electron chi connectivity index (χ3n) is 5.56. The standard InChI is InChI=1S/C23H31N2/c1-20-10-9-11-21(2)23(20)25(18-7-4-8-19-25)17-6-3-5-12-22-13-15-24-16-14-22/h4,7,9-11,13-16H,3,5-6,8,12,17-19H2,1-2H3/q+1. The van der Waals surface area contributed by atoms with Gasteiger partial charge in [0.1, 0.15) is 12.2 Å². The zero-order chi connectivity index (χ0) is 17.5. The van der Waals surface area contributed by atoms with Crippen LogP contribution < -0.4 is 4.48 Å². The topological polar surface area (TPSA) is 12.9 Å². The molecular formula is C23H31N2+. The maximum Gasteiger partial charge on any atom is 0.138 e. The minimum Gasteiger partial charge on any atom is -0.287 e. The Labute approximate surface area is 152 Å². The smallest absolute Gasteiger partial charge is 0.138 e. The van der Waals surface area contributed by atoms with E-state index in [4.69, 9.17) is 0 Å². The molecule has 0 N–H and O–H groups in total. The zero-order valence-corrected chi connectivity index (χ0v) is 15.7. The molecule has 0 saturated heterocycles. The molecule has 0 aliphatic carbocycles. The van der Waals surface area contributed by atoms with Gasteiger partial charge in [0.25, 0.3) is 0 Å². The van der Waals surface area contributed by atoms with Crippen LogP contribution in [0.3, 0.4) is 0 Å². The molecule has 1 aliphatic rings. The SMILES string of the molecule is Cc1cccc(C)c1[N+]1(CCCCCc2ccncc2)CC=CCC1. The Bertz CT molecular complexity index is 685. The van der Waals surface area contributed by atoms with Crippen LogP contribution in [0.2, 0.25) is 0 Å². The molecule has 0 spiro atoms. The molecule has 1 aromatic carbocycles. The fourth-order valence-corrected chi connectivity index (χ4v) is 4.35. The van der Waals surface area contributed by atoms with Crippen molar-refractivity contribution in [3.8, 4) is 0 Å². The van der Waals surface area contributed by atoms with Gasteiger partial charge in [-0.25, -0.2) is 0 Å². The summed E-state index contributed by atoms with van der Waals surface area (Å²) >= 11 is 0. The van der Waals surface area contributed by atoms with E-state index >= 15 is 0 Å². The van der Waals surface area contributed by atoms with E-state index in [1.807, 2.05) is 12.4 Å². The Balaban J connectivity index is 1.63. The third-order valence-corrected chi connectivity index (χ3v) is 5.56. The average Bonchev–Trinajstić information content (AvgIpc) is 2.63. The van der Waals surface area contributed by atoms with Crippen LogP contribution in [-0.4, -0.2) is 24.6 Å². The molecule has 2 nitrogen and oxygen atoms in total. The van der Waals surface area contributed by atoms with Gasteiger partial charge in [-0.2, -0.15) is 0 Å². The number of rotatable bonds is 7. The Morgan fingerprint density at radius 1 is 0.920 bits per heavy atom. The molecule has 1 atom stereocenters. The predicted octanol–water partition coefficient (Wildman–Crippen LogP) is 5.38. The van der Waals surface area contributed by atoms with Gasteiger partial charge in [0.15, 0.2) is 0 Å². The molecule has 2 aromatic rings. The van der Waals surface area contributed by atoms with Crippen molar-refractivity contribution in [3.05, 3.63) is 71.6 Å². The van der Waals surface area contributed by atoms with Gasteiger partial charge in [-0.1, -0.05) is 24.3 Å². The van der Waals surface area contributed by atoms with E-state index in [-0.39, 0.29) is 0 Å². The molecule has 3 rings (SSSR count). The summed E-state index contributed by atoms with van der Waals surface area (Å²) < 4.78 is 1.14. The highest BCUT2D eigenvalue weighted by Crippen LogP contribution is 2.33. The van der Waals surface area contributed by atoms with Crippen LogP contribution >= 0.6 is 0 Å². The highest BCUT2D eigenvalue weighted by Gasteiger charge is 2.32. The van der Waals surface area contributed by atoms with Crippen molar-refractivity contribution in [1.29, 1.82) is 0 Å². The molecule has 0 saturated carbocycles. The molecule has 0 fully saturated rings. The van der Waals surface area contributed by atoms with E-state index in [2.05, 4.69) is 61.3 Å². The van der Waals surface area contributed by atoms with Gasteiger partial charge in [0.05, 0.1) is 13.1 Å². The minimum atomic E-state index is 1.14. The number of aryl methyl sites for hydroxylation is 3. The van der Waals surface area contributed by atoms with E-state index in [0.29, 0.717) is 0 Å². The number of hydrogen-bond acceptors (Lipinski definition) is 1. The van der Waals surface area contributed by atoms with E-state index in [9.17, 15) is 0 Å². The zero-order valence-electron chi connectivity index (χ0n) is 15.7. The van der Waals surface area contributed by atoms with Gasteiger partial charge in [-0.05, 0) is 63.3 Å². The second-order valence-corrected chi connectivity index (χ2v) is 7.44. The average molecular weight is 336 g/mol. The summed E-state index contributed by atoms with van der Waals surface area (Å²) in [7, 11) is 0. The van der Waals surface area contributed by atoms with Crippen molar-refractivity contribution in [2.75, 3.05) is 19.6 Å². The summed E-state index contributed by atoms with van der Waals surface area (Å²) in [5.74, 6) is 0. The first kappa shape index (κ1) is 17.9. The van der Waals surface area contributed by atoms with E-state index < -0.39 is 0 Å². The Kier molecular flexibility index (Phi) is 6.04. The van der Waals surface area contributed by atoms with Crippen molar-refractivity contribution < 1.29 is 0 Å². The molecule has 1 aromatic heterocycles. The Morgan fingerprint density at radius 2 is 1.68 bits per heavy atom. The van der Waals surface area contributed by atoms with Gasteiger partial charge < -0.3 is 0 Å². The summed E-state index contributed by atoms with van der Waals surface area (Å²) in [6.45, 7) is 8.21. The lowest BCUT2D eigenvalue weighted by Gasteiger charge is -2.41. The molecule has 0 amide bonds. The lowest BCUT2D eigenvalue weighted by atomic mass is 10.0. The van der Waals surface area contributed by atoms with Crippen molar-refractivity contribution >= 4 is 5.69 Å². The highest BCUT2D eigenvalue weighted by molar-refractivity contribution is 5.56. The fraction of sp³-hybridized carbons (Fsp3) is 0.435. The van der Waals surface area contributed by atoms with Gasteiger partial charge in [0.2, 0.25) is 0 Å². The van der Waals surface area contributed by atoms with Crippen LogP contribution in [0.4, 0.5) is 5.69 Å². The van der Waals surface area contributed by atoms with Gasteiger partial charge in [-0.15, -0.1) is 0 Å². The molecule has 132 valence electrons. The number of hydrogen-bond donors (Lipinski definition) is 0. The normalized spacial score (nSPS) is 19.9. The number of benzene rings is 1. The Morgan fingerprint density at radius 3 is 2.36 bits per heavy atom. The van der Waals surface area contributed by atoms with Crippen LogP contribution in [0, 0.1) is 13.8 Å². The first-order chi connectivity index (χ1) is 12.2. The van der Waals surface area contributed by atoms with Crippen LogP contribution in [0.25, 0.3) is 0 Å². The van der Waals surface area contributed by atoms with Crippen LogP contribution in [0.1, 0.15) is 42.4 Å². The van der Waals surface area contributed by atoms with Gasteiger partial charge >= 0.3 is 0 Å². The molecule has 0 radical (unpaired) electrons. The van der Waals surface area contributed by atoms with Gasteiger partial charge in [0, 0.05) is 29.9 Å². The van der Waals surface area contributed by atoms with E-state index in [1.165, 1.54) is 61.9 Å². The maximum absolute atomic E-state index is 4.10. The Hall–Kier alpha value is -1.93. The maximum atomic E-state index is 4.10. The summed E-state index contributed by atoms with van der Waals surface area (Å²) in [6.07, 6.45) is 14.8. The second-order valence-electron chi connectivity index (χ2n) is 7.44. The number of pyridine rings is 1. The second kappa shape index (κ2) is 8.44. The molecule has 25 heavy (non-hydrogen) atoms. The largest absolute Gasteiger partial charge is 0.287 e. The van der Waals surface area contributed by atoms with Crippen LogP contribution in [-0.2, 0) is 6.42 Å². The third kappa shape index (κ3) is 4.38. The number of para-hydroxylation sites is 1. The lowest BCUT2D eigenvalue weighted by molar-refractivity contribution is 0.285. The number of unbranched alkanes of at least 4 members (excludes halogenated alkanes) is 2. The minimum absolute atomic E-state index is 1.14. The highest BCUT2D eigenvalue weighted by atomic mass is 15.4. The van der Waals surface area contributed by atoms with Crippen LogP contribution in [0.15, 0.2) is 54.9 Å². The summed E-state index contributed by atoms with van der Waals surface area (Å²) in [4.78, 5) is 4.10. The first-order valence-electron chi connectivity index (χ1n) is 9.68. The van der Waals surface area contributed by atoms with Crippen LogP contribution in [0.5, 0.6) is 0 Å². The number of nitrogens with zero attached hydrogens (tertiary/aromatic N) is 2. The van der Waals surface area contributed by atoms with E-state index in [0.717, 1.165) is 11.0 Å². The molecule has 0 bridgehead atoms. The summed E-state index contributed by atoms with van der Waals surface area (Å²) in [5, 5.41) is 0. The molecule has 1 aliphatic heterocycles. The summed E-state index contributed by atoms with van der Waals surface area (Å²) in [6, 6.07) is 11.0. The van der Waals surface area contributed by atoms with Crippen molar-refractivity contribution in [2.45, 2.75) is 46.0 Å². The monoisotopic (exact) mass is 335 g/mol. The quantitative estimate of drug-likeness (QED) is 0.376. The van der Waals surface area contributed by atoms with Crippen molar-refractivity contribution in [3.63, 3.8) is 0 Å². The number of quaternary nitrogens is 1. The molecule has 2 heterocycles. The predicted molar refractivity (Wildman–Crippen MR) is 108 cm³/mol. The number of aromatic nitrogens is 1. The molecule has 2 heteroatoms. The van der Waals surface area contributed by atoms with Crippen molar-refractivity contribution in [2.24, 2.45) is 0 Å². The van der Waals surface area contributed by atoms with E-state index in [1.54, 1.807) is 5.69 Å². The van der Waals surface area contributed by atoms with Gasteiger partial charge in [-0.3, -0.25) is 9.47 Å². The lowest BCUT2D eigenvalue weighted by Crippen LogP contribution is -2.52. The first-order valence-corrected chi connectivity index (χ1v) is 9.68. The fourth-order valence-electron chi connectivity index (χ4n) is 4.35. The molecular weight excluding hydrogens is 304 g/mol. The summed E-state index contributed by atoms with van der Waals surface area (Å²) in [5.41, 5.74) is 5.88. The van der Waals surface area contributed by atoms with Crippen molar-refractivity contribution in [1.82, 2.24) is 9.47 Å².